The van der Waals surface area contributed by atoms with Crippen molar-refractivity contribution in [3.8, 4) is 0 Å². The fraction of sp³-hybridized carbons (Fsp3) is 0.917. The van der Waals surface area contributed by atoms with E-state index in [0.29, 0.717) is 51.4 Å². The molecule has 4 saturated heterocycles. The maximum absolute atomic E-state index is 10.1. The van der Waals surface area contributed by atoms with Crippen LogP contribution in [0.25, 0.3) is 0 Å². The molecule has 0 unspecified atom stereocenters. The van der Waals surface area contributed by atoms with E-state index in [1.807, 2.05) is 0 Å². The Bertz CT molecular complexity index is 2280. The van der Waals surface area contributed by atoms with E-state index in [1.165, 1.54) is 205 Å². The number of carboxylic acids is 8. The predicted molar refractivity (Wildman–Crippen MR) is 502 cm³/mol. The highest BCUT2D eigenvalue weighted by Gasteiger charge is 2.52. The Hall–Kier alpha value is -5.12. The molecule has 0 saturated carbocycles. The average molecular weight is 1950 g/mol. The molecule has 800 valence electrons. The minimum absolute atomic E-state index is 0.339. The summed E-state index contributed by atoms with van der Waals surface area (Å²) >= 11 is 0. The Morgan fingerprint density at radius 3 is 0.478 bits per heavy atom. The van der Waals surface area contributed by atoms with Crippen molar-refractivity contribution in [2.24, 2.45) is 0 Å². The molecule has 0 aromatic rings. The zero-order valence-corrected chi connectivity index (χ0v) is 82.4. The van der Waals surface area contributed by atoms with Gasteiger partial charge in [-0.2, -0.15) is 0 Å². The van der Waals surface area contributed by atoms with Crippen LogP contribution in [-0.4, -0.2) is 320 Å². The first kappa shape index (κ1) is 140. The molecule has 38 nitrogen and oxygen atoms in total. The van der Waals surface area contributed by atoms with Crippen LogP contribution in [0, 0.1) is 0 Å². The van der Waals surface area contributed by atoms with E-state index in [-0.39, 0.29) is 0 Å². The second-order valence-corrected chi connectivity index (χ2v) is 34.3. The molecule has 0 aromatic carbocycles. The van der Waals surface area contributed by atoms with Gasteiger partial charge in [-0.05, 0) is 51.4 Å². The molecule has 20 atom stereocenters. The fourth-order valence-electron chi connectivity index (χ4n) is 13.6. The lowest BCUT2D eigenvalue weighted by Crippen LogP contribution is -2.64. The van der Waals surface area contributed by atoms with E-state index in [1.54, 1.807) is 0 Å². The van der Waals surface area contributed by atoms with Crippen molar-refractivity contribution in [1.82, 2.24) is 0 Å². The monoisotopic (exact) mass is 1950 g/mol. The largest absolute Gasteiger partial charge is 0.481 e. The third kappa shape index (κ3) is 83.8. The highest BCUT2D eigenvalue weighted by atomic mass is 16.7. The molecule has 38 heteroatoms. The van der Waals surface area contributed by atoms with Crippen molar-refractivity contribution in [3.05, 3.63) is 0 Å². The summed E-state index contributed by atoms with van der Waals surface area (Å²) in [6, 6.07) is 0. The number of aliphatic carboxylic acids is 8. The summed E-state index contributed by atoms with van der Waals surface area (Å²) in [5, 5.41) is 220. The van der Waals surface area contributed by atoms with Crippen molar-refractivity contribution >= 4 is 47.8 Å². The highest BCUT2D eigenvalue weighted by molar-refractivity contribution is 5.68. The van der Waals surface area contributed by atoms with Gasteiger partial charge in [0.25, 0.3) is 0 Å². The molecule has 0 radical (unpaired) electrons. The third-order valence-electron chi connectivity index (χ3n) is 21.9. The molecule has 24 N–H and O–H groups in total. The van der Waals surface area contributed by atoms with E-state index in [0.717, 1.165) is 103 Å². The molecular formula is C96H188O38. The van der Waals surface area contributed by atoms with E-state index >= 15 is 0 Å². The maximum atomic E-state index is 10.1. The Balaban J connectivity index is -0.000000347. The fourth-order valence-corrected chi connectivity index (χ4v) is 13.6. The van der Waals surface area contributed by atoms with E-state index in [2.05, 4.69) is 55.4 Å². The molecule has 4 fully saturated rings. The molecule has 0 aliphatic carbocycles. The highest BCUT2D eigenvalue weighted by Crippen LogP contribution is 2.31. The minimum atomic E-state index is -1.74. The lowest BCUT2D eigenvalue weighted by Gasteiger charge is -2.45. The SMILES string of the molecule is CCCCCCCCC(=O)O.CCCCCCCCC(=O)O.CCCCCCCCC(=O)O.CCCCCCCCC(=O)O.CCCCCCCCC(=O)O.CCCCCCCCC(=O)O.CCCCCCCCC(=O)O.CCCCCCCCC(=O)O.OC[C@H]1O[C@@H](O[C@H]2[C@H](O)[C@@H](O)[C@H](O)O[C@@H]2CO)[C@H](O)[C@@H](O)[C@@H]1O.OC[C@H]1O[C@@H](O[C@H]2[C@H](O)[C@@H](O)[C@H](O)O[C@@H]2CO)[C@H](O)[C@@H](O)[C@@H]1O. The maximum Gasteiger partial charge on any atom is 0.303 e. The van der Waals surface area contributed by atoms with Crippen molar-refractivity contribution < 1.29 is 189 Å². The van der Waals surface area contributed by atoms with Crippen LogP contribution in [-0.2, 0) is 66.8 Å². The van der Waals surface area contributed by atoms with Crippen molar-refractivity contribution in [3.63, 3.8) is 0 Å². The molecule has 4 aliphatic heterocycles. The van der Waals surface area contributed by atoms with E-state index in [4.69, 9.17) is 79.5 Å². The van der Waals surface area contributed by atoms with Crippen molar-refractivity contribution in [2.75, 3.05) is 26.4 Å². The topological polar surface area (TPSA) is 677 Å². The Morgan fingerprint density at radius 1 is 0.187 bits per heavy atom. The number of aliphatic hydroxyl groups is 16. The summed E-state index contributed by atoms with van der Waals surface area (Å²) in [4.78, 5) is 80.7. The average Bonchev–Trinajstić information content (AvgIpc) is 0.794. The van der Waals surface area contributed by atoms with E-state index in [9.17, 15) is 110 Å². The first-order valence-electron chi connectivity index (χ1n) is 50.1. The Labute approximate surface area is 797 Å². The first-order valence-corrected chi connectivity index (χ1v) is 50.1. The van der Waals surface area contributed by atoms with Gasteiger partial charge in [0, 0.05) is 51.4 Å². The first-order chi connectivity index (χ1) is 63.8. The number of carbonyl (C=O) groups is 8. The molecule has 0 bridgehead atoms. The second kappa shape index (κ2) is 98.1. The number of hydrogen-bond donors (Lipinski definition) is 24. The quantitative estimate of drug-likeness (QED) is 0.0251. The zero-order valence-electron chi connectivity index (χ0n) is 82.4. The van der Waals surface area contributed by atoms with Crippen LogP contribution in [0.5, 0.6) is 0 Å². The van der Waals surface area contributed by atoms with Crippen LogP contribution < -0.4 is 0 Å². The molecule has 4 aliphatic rings. The minimum Gasteiger partial charge on any atom is -0.481 e. The number of carboxylic acid groups (broad SMARTS) is 8. The standard InChI is InChI=1S/2C12H22O11.8C9H18O2/c2*13-1-3-5(15)6(16)9(19)12(22-3)23-10-4(2-14)21-11(20)8(18)7(10)17;8*1-2-3-4-5-6-7-8-9(10)11/h2*3-20H,1-2H2;8*2-8H2,1H3,(H,10,11)/t2*3-,4-,5-,6+,7-,8-,9-,10-,11-,12+;;;;;;;;/m11......../s1. The van der Waals surface area contributed by atoms with Crippen LogP contribution in [0.3, 0.4) is 0 Å². The van der Waals surface area contributed by atoms with Crippen molar-refractivity contribution in [2.45, 2.75) is 538 Å². The molecule has 134 heavy (non-hydrogen) atoms. The molecular weight excluding hydrogens is 1760 g/mol. The zero-order chi connectivity index (χ0) is 103. The molecule has 4 rings (SSSR count). The summed E-state index contributed by atoms with van der Waals surface area (Å²) < 4.78 is 30.5. The van der Waals surface area contributed by atoms with Crippen LogP contribution in [0.15, 0.2) is 0 Å². The predicted octanol–water partition coefficient (Wildman–Crippen LogP) is 11.8. The van der Waals surface area contributed by atoms with Crippen LogP contribution in [0.1, 0.15) is 415 Å². The van der Waals surface area contributed by atoms with Gasteiger partial charge < -0.3 is 151 Å². The van der Waals surface area contributed by atoms with Gasteiger partial charge in [-0.3, -0.25) is 38.4 Å². The van der Waals surface area contributed by atoms with Gasteiger partial charge in [0.15, 0.2) is 25.2 Å². The Morgan fingerprint density at radius 2 is 0.336 bits per heavy atom. The number of rotatable bonds is 64. The van der Waals surface area contributed by atoms with Gasteiger partial charge in [-0.15, -0.1) is 0 Å². The normalized spacial score (nSPS) is 24.2. The van der Waals surface area contributed by atoms with E-state index < -0.39 is 197 Å². The molecule has 4 heterocycles. The van der Waals surface area contributed by atoms with Crippen LogP contribution in [0.4, 0.5) is 0 Å². The van der Waals surface area contributed by atoms with Gasteiger partial charge in [0.05, 0.1) is 26.4 Å². The number of aliphatic hydroxyl groups excluding tert-OH is 16. The van der Waals surface area contributed by atoms with Crippen LogP contribution >= 0.6 is 0 Å². The lowest BCUT2D eigenvalue weighted by atomic mass is 9.97. The van der Waals surface area contributed by atoms with Gasteiger partial charge in [-0.25, -0.2) is 0 Å². The summed E-state index contributed by atoms with van der Waals surface area (Å²) in [5.41, 5.74) is 0. The summed E-state index contributed by atoms with van der Waals surface area (Å²) in [6.07, 6.45) is 26.9. The van der Waals surface area contributed by atoms with Gasteiger partial charge in [0.1, 0.15) is 97.7 Å². The molecule has 0 spiro atoms. The van der Waals surface area contributed by atoms with Gasteiger partial charge in [-0.1, -0.05) is 312 Å². The number of hydrogen-bond acceptors (Lipinski definition) is 30. The van der Waals surface area contributed by atoms with Crippen molar-refractivity contribution in [1.29, 1.82) is 0 Å². The van der Waals surface area contributed by atoms with Gasteiger partial charge in [0.2, 0.25) is 0 Å². The molecule has 0 aromatic heterocycles. The summed E-state index contributed by atoms with van der Waals surface area (Å²) in [6.45, 7) is 14.7. The summed E-state index contributed by atoms with van der Waals surface area (Å²) in [7, 11) is 0. The van der Waals surface area contributed by atoms with Gasteiger partial charge >= 0.3 is 47.8 Å². The van der Waals surface area contributed by atoms with Crippen LogP contribution in [0.2, 0.25) is 0 Å². The smallest absolute Gasteiger partial charge is 0.303 e. The number of ether oxygens (including phenoxy) is 6. The molecule has 0 amide bonds. The number of unbranched alkanes of at least 4 members (excludes halogenated alkanes) is 40. The second-order valence-electron chi connectivity index (χ2n) is 34.3. The lowest BCUT2D eigenvalue weighted by molar-refractivity contribution is -0.355. The summed E-state index contributed by atoms with van der Waals surface area (Å²) in [5.74, 6) is -5.33. The third-order valence-corrected chi connectivity index (χ3v) is 21.9. The Kier molecular flexibility index (Phi) is 102.